The Morgan fingerprint density at radius 2 is 1.66 bits per heavy atom. The summed E-state index contributed by atoms with van der Waals surface area (Å²) >= 11 is 0. The molecule has 0 fully saturated rings. The molecule has 0 unspecified atom stereocenters. The highest BCUT2D eigenvalue weighted by molar-refractivity contribution is 6.12. The Morgan fingerprint density at radius 3 is 2.31 bits per heavy atom. The van der Waals surface area contributed by atoms with Gasteiger partial charge in [0.05, 0.1) is 17.0 Å². The third kappa shape index (κ3) is 3.65. The van der Waals surface area contributed by atoms with Gasteiger partial charge in [-0.05, 0) is 68.4 Å². The molecule has 0 bridgehead atoms. The van der Waals surface area contributed by atoms with Crippen molar-refractivity contribution in [2.45, 2.75) is 20.8 Å². The minimum absolute atomic E-state index is 0.414. The van der Waals surface area contributed by atoms with Crippen LogP contribution in [0.4, 0.5) is 23.1 Å². The SMILES string of the molecule is [B]n1ccc2c(Nc3c(C)cc(C)cc3C)nc(Nc3ccc(C#N)cc3)nc21. The molecule has 0 saturated carbocycles. The number of nitriles is 1. The van der Waals surface area contributed by atoms with Gasteiger partial charge in [0.2, 0.25) is 13.9 Å². The van der Waals surface area contributed by atoms with E-state index in [9.17, 15) is 0 Å². The van der Waals surface area contributed by atoms with Crippen molar-refractivity contribution in [3.8, 4) is 6.07 Å². The van der Waals surface area contributed by atoms with E-state index in [1.165, 1.54) is 10.0 Å². The van der Waals surface area contributed by atoms with Gasteiger partial charge in [0, 0.05) is 11.4 Å². The first kappa shape index (κ1) is 18.6. The summed E-state index contributed by atoms with van der Waals surface area (Å²) in [5.41, 5.74) is 6.51. The summed E-state index contributed by atoms with van der Waals surface area (Å²) in [6.45, 7) is 6.23. The van der Waals surface area contributed by atoms with E-state index in [-0.39, 0.29) is 0 Å². The van der Waals surface area contributed by atoms with Crippen LogP contribution in [0.25, 0.3) is 11.0 Å². The van der Waals surface area contributed by atoms with Crippen LogP contribution in [0.2, 0.25) is 0 Å². The number of aryl methyl sites for hydroxylation is 3. The third-order valence-corrected chi connectivity index (χ3v) is 4.76. The quantitative estimate of drug-likeness (QED) is 0.506. The minimum atomic E-state index is 0.414. The first-order valence-electron chi connectivity index (χ1n) is 9.21. The molecule has 0 aliphatic carbocycles. The molecule has 2 heterocycles. The second-order valence-corrected chi connectivity index (χ2v) is 7.07. The van der Waals surface area contributed by atoms with E-state index >= 15 is 0 Å². The number of anilines is 4. The van der Waals surface area contributed by atoms with Crippen LogP contribution in [0.5, 0.6) is 0 Å². The summed E-state index contributed by atoms with van der Waals surface area (Å²) in [5.74, 6) is 1.09. The molecule has 0 atom stereocenters. The molecule has 6 nitrogen and oxygen atoms in total. The van der Waals surface area contributed by atoms with Gasteiger partial charge in [-0.1, -0.05) is 17.7 Å². The lowest BCUT2D eigenvalue weighted by atomic mass is 10.1. The van der Waals surface area contributed by atoms with Crippen molar-refractivity contribution in [1.82, 2.24) is 14.4 Å². The first-order chi connectivity index (χ1) is 13.9. The molecular formula is C22H19BN6. The Morgan fingerprint density at radius 1 is 0.966 bits per heavy atom. The average molecular weight is 378 g/mol. The number of fused-ring (bicyclic) bond motifs is 1. The van der Waals surface area contributed by atoms with E-state index in [1.54, 1.807) is 18.3 Å². The summed E-state index contributed by atoms with van der Waals surface area (Å²) in [6, 6.07) is 15.4. The highest BCUT2D eigenvalue weighted by Gasteiger charge is 2.13. The summed E-state index contributed by atoms with van der Waals surface area (Å²) in [6.07, 6.45) is 1.75. The van der Waals surface area contributed by atoms with Crippen LogP contribution < -0.4 is 10.6 Å². The van der Waals surface area contributed by atoms with Gasteiger partial charge < -0.3 is 15.1 Å². The normalized spacial score (nSPS) is 10.7. The largest absolute Gasteiger partial charge is 0.388 e. The van der Waals surface area contributed by atoms with Crippen LogP contribution in [0, 0.1) is 32.1 Å². The van der Waals surface area contributed by atoms with Gasteiger partial charge in [0.25, 0.3) is 0 Å². The molecule has 7 heteroatoms. The molecule has 0 spiro atoms. The molecule has 2 radical (unpaired) electrons. The predicted octanol–water partition coefficient (Wildman–Crippen LogP) is 4.65. The fraction of sp³-hybridized carbons (Fsp3) is 0.136. The summed E-state index contributed by atoms with van der Waals surface area (Å²) in [7, 11) is 6.05. The van der Waals surface area contributed by atoms with E-state index in [4.69, 9.17) is 13.2 Å². The molecule has 2 aromatic carbocycles. The van der Waals surface area contributed by atoms with E-state index in [0.717, 1.165) is 27.9 Å². The molecule has 2 aromatic heterocycles. The van der Waals surface area contributed by atoms with E-state index in [0.29, 0.717) is 23.0 Å². The van der Waals surface area contributed by atoms with Crippen LogP contribution in [0.3, 0.4) is 0 Å². The Hall–Kier alpha value is -3.79. The Kier molecular flexibility index (Phi) is 4.69. The van der Waals surface area contributed by atoms with E-state index < -0.39 is 0 Å². The number of aromatic nitrogens is 3. The van der Waals surface area contributed by atoms with E-state index in [2.05, 4.69) is 59.6 Å². The Labute approximate surface area is 170 Å². The number of nitrogens with one attached hydrogen (secondary N) is 2. The molecule has 0 aliphatic rings. The molecular weight excluding hydrogens is 359 g/mol. The molecule has 2 N–H and O–H groups in total. The standard InChI is InChI=1S/C22H19BN6/c1-13-10-14(2)19(15(3)11-13)26-20-18-8-9-29(23)21(18)28-22(27-20)25-17-6-4-16(12-24)5-7-17/h4-11H,1-3H3,(H2,25,26,27,28). The molecule has 4 aromatic rings. The fourth-order valence-electron chi connectivity index (χ4n) is 3.44. The van der Waals surface area contributed by atoms with Crippen LogP contribution in [0.1, 0.15) is 22.3 Å². The lowest BCUT2D eigenvalue weighted by Crippen LogP contribution is -2.05. The summed E-state index contributed by atoms with van der Waals surface area (Å²) in [4.78, 5) is 9.23. The van der Waals surface area contributed by atoms with Gasteiger partial charge in [-0.15, -0.1) is 0 Å². The maximum Gasteiger partial charge on any atom is 0.236 e. The van der Waals surface area contributed by atoms with Gasteiger partial charge in [0.15, 0.2) is 0 Å². The maximum atomic E-state index is 8.96. The van der Waals surface area contributed by atoms with Crippen LogP contribution in [-0.2, 0) is 0 Å². The average Bonchev–Trinajstić information content (AvgIpc) is 3.06. The number of benzene rings is 2. The number of hydrogen-bond acceptors (Lipinski definition) is 5. The maximum absolute atomic E-state index is 8.96. The number of nitrogens with zero attached hydrogens (tertiary/aromatic N) is 4. The smallest absolute Gasteiger partial charge is 0.236 e. The number of rotatable bonds is 4. The van der Waals surface area contributed by atoms with Crippen molar-refractivity contribution in [3.63, 3.8) is 0 Å². The summed E-state index contributed by atoms with van der Waals surface area (Å²) < 4.78 is 1.47. The van der Waals surface area contributed by atoms with Crippen molar-refractivity contribution in [2.75, 3.05) is 10.6 Å². The lowest BCUT2D eigenvalue weighted by molar-refractivity contribution is 1.16. The minimum Gasteiger partial charge on any atom is -0.388 e. The Balaban J connectivity index is 1.76. The zero-order chi connectivity index (χ0) is 20.5. The van der Waals surface area contributed by atoms with Crippen molar-refractivity contribution in [2.24, 2.45) is 0 Å². The van der Waals surface area contributed by atoms with Crippen molar-refractivity contribution in [3.05, 3.63) is 70.9 Å². The van der Waals surface area contributed by atoms with Crippen molar-refractivity contribution >= 4 is 42.2 Å². The zero-order valence-corrected chi connectivity index (χ0v) is 16.5. The van der Waals surface area contributed by atoms with Crippen LogP contribution in [0.15, 0.2) is 48.7 Å². The molecule has 0 aliphatic heterocycles. The monoisotopic (exact) mass is 378 g/mol. The van der Waals surface area contributed by atoms with Gasteiger partial charge in [-0.25, -0.2) is 0 Å². The van der Waals surface area contributed by atoms with Gasteiger partial charge in [-0.3, -0.25) is 0 Å². The lowest BCUT2D eigenvalue weighted by Gasteiger charge is -2.15. The zero-order valence-electron chi connectivity index (χ0n) is 16.5. The second kappa shape index (κ2) is 7.32. The molecule has 0 amide bonds. The van der Waals surface area contributed by atoms with Gasteiger partial charge >= 0.3 is 0 Å². The number of hydrogen-bond donors (Lipinski definition) is 2. The first-order valence-corrected chi connectivity index (χ1v) is 9.21. The highest BCUT2D eigenvalue weighted by atomic mass is 15.2. The highest BCUT2D eigenvalue weighted by Crippen LogP contribution is 2.30. The van der Waals surface area contributed by atoms with Gasteiger partial charge in [0.1, 0.15) is 11.5 Å². The third-order valence-electron chi connectivity index (χ3n) is 4.76. The Bertz CT molecular complexity index is 1230. The predicted molar refractivity (Wildman–Crippen MR) is 117 cm³/mol. The van der Waals surface area contributed by atoms with Crippen molar-refractivity contribution < 1.29 is 0 Å². The molecule has 0 saturated heterocycles. The summed E-state index contributed by atoms with van der Waals surface area (Å²) in [5, 5.41) is 16.4. The van der Waals surface area contributed by atoms with Crippen LogP contribution >= 0.6 is 0 Å². The van der Waals surface area contributed by atoms with E-state index in [1.807, 2.05) is 18.2 Å². The topological polar surface area (TPSA) is 78.6 Å². The molecule has 4 rings (SSSR count). The van der Waals surface area contributed by atoms with Crippen molar-refractivity contribution in [1.29, 1.82) is 5.26 Å². The molecule has 140 valence electrons. The molecule has 29 heavy (non-hydrogen) atoms. The second-order valence-electron chi connectivity index (χ2n) is 7.07. The van der Waals surface area contributed by atoms with Gasteiger partial charge in [-0.2, -0.15) is 15.2 Å². The fourth-order valence-corrected chi connectivity index (χ4v) is 3.44. The van der Waals surface area contributed by atoms with Crippen LogP contribution in [-0.4, -0.2) is 22.4 Å².